The summed E-state index contributed by atoms with van der Waals surface area (Å²) in [6.07, 6.45) is 1.90. The Morgan fingerprint density at radius 3 is 2.10 bits per heavy atom. The number of fused-ring (bicyclic) bond motifs is 1. The fourth-order valence-corrected chi connectivity index (χ4v) is 3.36. The van der Waals surface area contributed by atoms with Crippen molar-refractivity contribution in [3.63, 3.8) is 0 Å². The first-order valence-electron chi connectivity index (χ1n) is 8.59. The van der Waals surface area contributed by atoms with Gasteiger partial charge < -0.3 is 17.3 Å². The van der Waals surface area contributed by atoms with E-state index in [9.17, 15) is 27.4 Å². The van der Waals surface area contributed by atoms with Crippen LogP contribution in [-0.4, -0.2) is 21.4 Å². The maximum Gasteiger partial charge on any atom is 0.673 e. The Labute approximate surface area is 182 Å². The molecule has 0 aliphatic heterocycles. The van der Waals surface area contributed by atoms with Crippen molar-refractivity contribution >= 4 is 42.4 Å². The van der Waals surface area contributed by atoms with Gasteiger partial charge in [0.2, 0.25) is 0 Å². The number of nitro groups is 1. The van der Waals surface area contributed by atoms with Crippen LogP contribution in [0, 0.1) is 14.9 Å². The van der Waals surface area contributed by atoms with Gasteiger partial charge in [-0.05, 0) is 54.7 Å². The third-order valence-electron chi connectivity index (χ3n) is 4.03. The van der Waals surface area contributed by atoms with E-state index in [0.717, 1.165) is 17.0 Å². The van der Waals surface area contributed by atoms with Crippen LogP contribution in [0.3, 0.4) is 0 Å². The van der Waals surface area contributed by atoms with E-state index >= 15 is 0 Å². The average Bonchev–Trinajstić information content (AvgIpc) is 2.99. The van der Waals surface area contributed by atoms with Crippen molar-refractivity contribution in [1.29, 1.82) is 0 Å². The zero-order valence-electron chi connectivity index (χ0n) is 15.4. The Hall–Kier alpha value is -3.25. The van der Waals surface area contributed by atoms with Gasteiger partial charge in [0, 0.05) is 23.2 Å². The molecule has 0 saturated carbocycles. The van der Waals surface area contributed by atoms with Gasteiger partial charge in [-0.15, -0.1) is 4.52 Å². The van der Waals surface area contributed by atoms with E-state index in [1.807, 2.05) is 50.3 Å². The van der Waals surface area contributed by atoms with Crippen LogP contribution in [0.15, 0.2) is 72.9 Å². The summed E-state index contributed by atoms with van der Waals surface area (Å²) >= 11 is 11.7. The first-order chi connectivity index (χ1) is 14.6. The molecule has 0 amide bonds. The first-order valence-corrected chi connectivity index (χ1v) is 9.37. The van der Waals surface area contributed by atoms with Gasteiger partial charge in [-0.25, -0.2) is 0 Å². The van der Waals surface area contributed by atoms with Gasteiger partial charge in [0.15, 0.2) is 0 Å². The highest BCUT2D eigenvalue weighted by atomic mass is 35.5. The standard InChI is InChI=1S/C18H12ClN4O2S.BF4/c19-13-4-6-15(7-5-13)22-18(26)21(17-3-1-2-12-20(17)22)14-8-10-16(11-9-14)23(24)25;2-1(3,4)5/h1-12H;/q+1;-1. The minimum absolute atomic E-state index is 0.0364. The van der Waals surface area contributed by atoms with E-state index in [-0.39, 0.29) is 5.69 Å². The number of hydrogen-bond donors (Lipinski definition) is 0. The lowest BCUT2D eigenvalue weighted by Gasteiger charge is -1.97. The normalized spacial score (nSPS) is 11.1. The highest BCUT2D eigenvalue weighted by Gasteiger charge is 2.22. The van der Waals surface area contributed by atoms with Gasteiger partial charge in [0.25, 0.3) is 11.3 Å². The van der Waals surface area contributed by atoms with Crippen LogP contribution in [0.5, 0.6) is 0 Å². The largest absolute Gasteiger partial charge is 0.673 e. The highest BCUT2D eigenvalue weighted by molar-refractivity contribution is 7.71. The monoisotopic (exact) mass is 470 g/mol. The summed E-state index contributed by atoms with van der Waals surface area (Å²) in [5.41, 5.74) is 2.48. The van der Waals surface area contributed by atoms with Crippen molar-refractivity contribution < 1.29 is 26.8 Å². The minimum Gasteiger partial charge on any atom is -0.418 e. The Morgan fingerprint density at radius 1 is 0.968 bits per heavy atom. The van der Waals surface area contributed by atoms with E-state index < -0.39 is 12.2 Å². The van der Waals surface area contributed by atoms with Crippen molar-refractivity contribution in [2.24, 2.45) is 0 Å². The predicted molar refractivity (Wildman–Crippen MR) is 111 cm³/mol. The van der Waals surface area contributed by atoms with Crippen LogP contribution >= 0.6 is 23.8 Å². The van der Waals surface area contributed by atoms with Crippen molar-refractivity contribution in [3.05, 3.63) is 92.8 Å². The molecule has 0 unspecified atom stereocenters. The summed E-state index contributed by atoms with van der Waals surface area (Å²) in [7, 11) is -6.00. The zero-order valence-corrected chi connectivity index (χ0v) is 17.0. The third-order valence-corrected chi connectivity index (χ3v) is 4.63. The van der Waals surface area contributed by atoms with Gasteiger partial charge in [0.05, 0.1) is 4.92 Å². The molecule has 6 nitrogen and oxygen atoms in total. The molecule has 0 atom stereocenters. The molecule has 2 aromatic carbocycles. The summed E-state index contributed by atoms with van der Waals surface area (Å²) < 4.78 is 45.2. The lowest BCUT2D eigenvalue weighted by atomic mass is 10.3. The van der Waals surface area contributed by atoms with E-state index in [0.29, 0.717) is 9.79 Å². The van der Waals surface area contributed by atoms with Crippen LogP contribution < -0.4 is 4.57 Å². The van der Waals surface area contributed by atoms with E-state index in [1.54, 1.807) is 24.3 Å². The van der Waals surface area contributed by atoms with Gasteiger partial charge in [-0.3, -0.25) is 10.1 Å². The van der Waals surface area contributed by atoms with Gasteiger partial charge in [-0.1, -0.05) is 22.3 Å². The van der Waals surface area contributed by atoms with E-state index in [4.69, 9.17) is 23.8 Å². The number of aromatic nitrogens is 3. The van der Waals surface area contributed by atoms with Crippen LogP contribution in [-0.2, 0) is 0 Å². The van der Waals surface area contributed by atoms with Crippen molar-refractivity contribution in [1.82, 2.24) is 9.20 Å². The average molecular weight is 471 g/mol. The number of rotatable bonds is 3. The molecule has 0 saturated heterocycles. The molecule has 160 valence electrons. The number of benzene rings is 2. The molecule has 31 heavy (non-hydrogen) atoms. The Morgan fingerprint density at radius 2 is 1.55 bits per heavy atom. The van der Waals surface area contributed by atoms with Crippen molar-refractivity contribution in [3.8, 4) is 11.4 Å². The predicted octanol–water partition coefficient (Wildman–Crippen LogP) is 5.60. The van der Waals surface area contributed by atoms with Crippen LogP contribution in [0.4, 0.5) is 23.0 Å². The number of halogens is 5. The number of hydrogen-bond acceptors (Lipinski definition) is 3. The fraction of sp³-hybridized carbons (Fsp3) is 0. The molecular weight excluding hydrogens is 459 g/mol. The molecule has 0 fully saturated rings. The molecule has 0 spiro atoms. The maximum atomic E-state index is 10.9. The maximum absolute atomic E-state index is 10.9. The van der Waals surface area contributed by atoms with E-state index in [1.165, 1.54) is 12.1 Å². The third kappa shape index (κ3) is 5.27. The molecule has 13 heteroatoms. The molecule has 0 bridgehead atoms. The molecule has 0 aliphatic carbocycles. The lowest BCUT2D eigenvalue weighted by molar-refractivity contribution is -0.576. The lowest BCUT2D eigenvalue weighted by Crippen LogP contribution is -2.31. The zero-order chi connectivity index (χ0) is 22.8. The molecule has 2 aromatic heterocycles. The summed E-state index contributed by atoms with van der Waals surface area (Å²) in [5, 5.41) is 11.5. The summed E-state index contributed by atoms with van der Waals surface area (Å²) in [6, 6.07) is 19.5. The number of nitrogens with zero attached hydrogens (tertiary/aromatic N) is 4. The molecule has 2 heterocycles. The molecular formula is C18H12BClF4N4O2S. The molecule has 0 radical (unpaired) electrons. The topological polar surface area (TPSA) is 56.4 Å². The SMILES string of the molecule is F[B-](F)(F)F.O=[N+]([O-])c1ccc(-[n+]2c(=S)n(-c3ccc(Cl)cc3)n3ccccc32)cc1. The van der Waals surface area contributed by atoms with Crippen LogP contribution in [0.1, 0.15) is 0 Å². The quantitative estimate of drug-likeness (QED) is 0.0978. The number of non-ortho nitro benzene ring substituents is 1. The summed E-state index contributed by atoms with van der Waals surface area (Å²) in [5.74, 6) is 0. The van der Waals surface area contributed by atoms with Crippen LogP contribution in [0.25, 0.3) is 17.0 Å². The second-order valence-corrected chi connectivity index (χ2v) is 6.88. The highest BCUT2D eigenvalue weighted by Crippen LogP contribution is 2.17. The van der Waals surface area contributed by atoms with Gasteiger partial charge in [0.1, 0.15) is 17.6 Å². The molecule has 4 aromatic rings. The van der Waals surface area contributed by atoms with Crippen LogP contribution in [0.2, 0.25) is 5.02 Å². The fourth-order valence-electron chi connectivity index (χ4n) is 2.84. The number of nitro benzene ring substituents is 1. The Bertz CT molecular complexity index is 1290. The molecule has 0 aliphatic rings. The number of pyridine rings is 1. The smallest absolute Gasteiger partial charge is 0.418 e. The van der Waals surface area contributed by atoms with Gasteiger partial charge in [-0.2, -0.15) is 4.57 Å². The van der Waals surface area contributed by atoms with E-state index in [2.05, 4.69) is 0 Å². The Balaban J connectivity index is 0.000000491. The summed E-state index contributed by atoms with van der Waals surface area (Å²) in [6.45, 7) is 0. The molecule has 0 N–H and O–H groups in total. The first kappa shape index (κ1) is 22.4. The Kier molecular flexibility index (Phi) is 6.41. The molecule has 4 rings (SSSR count). The van der Waals surface area contributed by atoms with Crippen molar-refractivity contribution in [2.45, 2.75) is 0 Å². The van der Waals surface area contributed by atoms with Gasteiger partial charge >= 0.3 is 12.0 Å². The minimum atomic E-state index is -6.00. The summed E-state index contributed by atoms with van der Waals surface area (Å²) in [4.78, 5) is 10.5. The second-order valence-electron chi connectivity index (χ2n) is 6.08. The second kappa shape index (κ2) is 8.86. The van der Waals surface area contributed by atoms with Crippen molar-refractivity contribution in [2.75, 3.05) is 0 Å².